The molecule has 1 saturated heterocycles. The number of ether oxygens (including phenoxy) is 1. The van der Waals surface area contributed by atoms with E-state index in [4.69, 9.17) is 4.74 Å². The van der Waals surface area contributed by atoms with Crippen molar-refractivity contribution in [2.75, 3.05) is 33.4 Å². The van der Waals surface area contributed by atoms with Gasteiger partial charge < -0.3 is 20.7 Å². The van der Waals surface area contributed by atoms with Crippen LogP contribution in [0.3, 0.4) is 0 Å². The Labute approximate surface area is 144 Å². The molecule has 3 unspecified atom stereocenters. The van der Waals surface area contributed by atoms with Crippen LogP contribution in [-0.4, -0.2) is 51.3 Å². The summed E-state index contributed by atoms with van der Waals surface area (Å²) in [7, 11) is 1.67. The van der Waals surface area contributed by atoms with Crippen LogP contribution in [0.15, 0.2) is 24.3 Å². The molecule has 1 aromatic rings. The first-order valence-corrected chi connectivity index (χ1v) is 9.13. The van der Waals surface area contributed by atoms with Crippen molar-refractivity contribution in [2.45, 2.75) is 37.8 Å². The highest BCUT2D eigenvalue weighted by atomic mass is 16.5. The summed E-state index contributed by atoms with van der Waals surface area (Å²) in [5.74, 6) is 0.645. The maximum absolute atomic E-state index is 11.7. The third-order valence-electron chi connectivity index (χ3n) is 5.27. The summed E-state index contributed by atoms with van der Waals surface area (Å²) in [5.41, 5.74) is 1.94. The number of hydrogen-bond acceptors (Lipinski definition) is 4. The normalized spacial score (nSPS) is 27.1. The smallest absolute Gasteiger partial charge is 0.251 e. The second-order valence-corrected chi connectivity index (χ2v) is 6.82. The average Bonchev–Trinajstić information content (AvgIpc) is 3.10. The van der Waals surface area contributed by atoms with E-state index in [2.05, 4.69) is 22.0 Å². The minimum atomic E-state index is -0.0240. The van der Waals surface area contributed by atoms with E-state index >= 15 is 0 Å². The van der Waals surface area contributed by atoms with Crippen molar-refractivity contribution in [3.63, 3.8) is 0 Å². The minimum Gasteiger partial charge on any atom is -0.379 e. The monoisotopic (exact) mass is 331 g/mol. The lowest BCUT2D eigenvalue weighted by atomic mass is 9.94. The third kappa shape index (κ3) is 4.35. The molecule has 0 spiro atoms. The van der Waals surface area contributed by atoms with Gasteiger partial charge in [-0.3, -0.25) is 4.79 Å². The predicted molar refractivity (Wildman–Crippen MR) is 95.3 cm³/mol. The fourth-order valence-corrected chi connectivity index (χ4v) is 4.00. The first-order chi connectivity index (χ1) is 11.8. The summed E-state index contributed by atoms with van der Waals surface area (Å²) in [4.78, 5) is 11.7. The van der Waals surface area contributed by atoms with Gasteiger partial charge in [-0.05, 0) is 49.4 Å². The van der Waals surface area contributed by atoms with Gasteiger partial charge in [-0.1, -0.05) is 18.6 Å². The summed E-state index contributed by atoms with van der Waals surface area (Å²) in [5, 5.41) is 10.0. The molecule has 1 aromatic carbocycles. The molecule has 2 aliphatic rings. The Morgan fingerprint density at radius 3 is 3.08 bits per heavy atom. The van der Waals surface area contributed by atoms with E-state index in [1.54, 1.807) is 7.05 Å². The molecule has 1 saturated carbocycles. The van der Waals surface area contributed by atoms with Gasteiger partial charge >= 0.3 is 0 Å². The van der Waals surface area contributed by atoms with Crippen molar-refractivity contribution in [1.29, 1.82) is 0 Å². The number of nitrogens with one attached hydrogen (secondary N) is 3. The number of carbonyl (C=O) groups is 1. The average molecular weight is 331 g/mol. The maximum Gasteiger partial charge on any atom is 0.251 e. The van der Waals surface area contributed by atoms with Crippen LogP contribution in [-0.2, 0) is 11.2 Å². The van der Waals surface area contributed by atoms with Crippen LogP contribution in [0.5, 0.6) is 0 Å². The minimum absolute atomic E-state index is 0.0240. The second-order valence-electron chi connectivity index (χ2n) is 6.82. The zero-order chi connectivity index (χ0) is 16.8. The first kappa shape index (κ1) is 17.4. The molecule has 0 aromatic heterocycles. The lowest BCUT2D eigenvalue weighted by Gasteiger charge is -2.33. The van der Waals surface area contributed by atoms with Gasteiger partial charge in [0.1, 0.15) is 0 Å². The molecule has 2 fully saturated rings. The van der Waals surface area contributed by atoms with E-state index in [0.29, 0.717) is 18.0 Å². The largest absolute Gasteiger partial charge is 0.379 e. The van der Waals surface area contributed by atoms with Gasteiger partial charge in [0.05, 0.1) is 13.2 Å². The molecular formula is C19H29N3O2. The van der Waals surface area contributed by atoms with Gasteiger partial charge in [0.15, 0.2) is 0 Å². The molecule has 3 rings (SSSR count). The van der Waals surface area contributed by atoms with E-state index in [1.807, 2.05) is 18.2 Å². The van der Waals surface area contributed by atoms with Crippen molar-refractivity contribution in [3.8, 4) is 0 Å². The van der Waals surface area contributed by atoms with Gasteiger partial charge in [0.2, 0.25) is 0 Å². The van der Waals surface area contributed by atoms with Crippen LogP contribution in [0.1, 0.15) is 35.2 Å². The van der Waals surface area contributed by atoms with Crippen molar-refractivity contribution >= 4 is 5.91 Å². The summed E-state index contributed by atoms with van der Waals surface area (Å²) < 4.78 is 5.63. The van der Waals surface area contributed by atoms with Crippen LogP contribution in [0, 0.1) is 5.92 Å². The van der Waals surface area contributed by atoms with Crippen molar-refractivity contribution in [2.24, 2.45) is 5.92 Å². The molecule has 3 atom stereocenters. The standard InChI is InChI=1S/C19H29N3O2/c1-20-19(23)15-5-2-4-14(12-15)8-9-21-17-7-3-6-16(17)18-13-24-11-10-22-18/h2,4-5,12,16-18,21-22H,3,6-11,13H2,1H3,(H,20,23). The quantitative estimate of drug-likeness (QED) is 0.736. The lowest BCUT2D eigenvalue weighted by molar-refractivity contribution is 0.0526. The Hall–Kier alpha value is -1.43. The molecule has 132 valence electrons. The Bertz CT molecular complexity index is 543. The molecule has 0 bridgehead atoms. The van der Waals surface area contributed by atoms with Crippen molar-refractivity contribution < 1.29 is 9.53 Å². The Kier molecular flexibility index (Phi) is 6.24. The number of carbonyl (C=O) groups excluding carboxylic acids is 1. The molecule has 1 aliphatic heterocycles. The summed E-state index contributed by atoms with van der Waals surface area (Å²) >= 11 is 0. The van der Waals surface area contributed by atoms with Crippen LogP contribution >= 0.6 is 0 Å². The van der Waals surface area contributed by atoms with E-state index in [9.17, 15) is 4.79 Å². The molecule has 5 heteroatoms. The van der Waals surface area contributed by atoms with Crippen LogP contribution in [0.25, 0.3) is 0 Å². The second kappa shape index (κ2) is 8.60. The van der Waals surface area contributed by atoms with Crippen LogP contribution < -0.4 is 16.0 Å². The predicted octanol–water partition coefficient (Wildman–Crippen LogP) is 1.34. The number of rotatable bonds is 6. The fraction of sp³-hybridized carbons (Fsp3) is 0.632. The number of hydrogen-bond donors (Lipinski definition) is 3. The first-order valence-electron chi connectivity index (χ1n) is 9.13. The Morgan fingerprint density at radius 2 is 2.29 bits per heavy atom. The third-order valence-corrected chi connectivity index (χ3v) is 5.27. The molecule has 1 aliphatic carbocycles. The van der Waals surface area contributed by atoms with Crippen LogP contribution in [0.4, 0.5) is 0 Å². The van der Waals surface area contributed by atoms with Gasteiger partial charge in [-0.2, -0.15) is 0 Å². The molecule has 3 N–H and O–H groups in total. The Balaban J connectivity index is 1.49. The van der Waals surface area contributed by atoms with Crippen molar-refractivity contribution in [3.05, 3.63) is 35.4 Å². The highest BCUT2D eigenvalue weighted by Crippen LogP contribution is 2.29. The van der Waals surface area contributed by atoms with E-state index in [1.165, 1.54) is 24.8 Å². The summed E-state index contributed by atoms with van der Waals surface area (Å²) in [6.07, 6.45) is 4.78. The molecule has 1 amide bonds. The molecular weight excluding hydrogens is 302 g/mol. The molecule has 1 heterocycles. The van der Waals surface area contributed by atoms with Gasteiger partial charge in [0, 0.05) is 31.2 Å². The van der Waals surface area contributed by atoms with E-state index < -0.39 is 0 Å². The SMILES string of the molecule is CNC(=O)c1cccc(CCNC2CCCC2C2COCCN2)c1. The lowest BCUT2D eigenvalue weighted by Crippen LogP contribution is -2.51. The van der Waals surface area contributed by atoms with Gasteiger partial charge in [-0.15, -0.1) is 0 Å². The van der Waals surface area contributed by atoms with Crippen molar-refractivity contribution in [1.82, 2.24) is 16.0 Å². The number of benzene rings is 1. The zero-order valence-corrected chi connectivity index (χ0v) is 14.5. The molecule has 5 nitrogen and oxygen atoms in total. The summed E-state index contributed by atoms with van der Waals surface area (Å²) in [6, 6.07) is 8.97. The molecule has 24 heavy (non-hydrogen) atoms. The summed E-state index contributed by atoms with van der Waals surface area (Å²) in [6.45, 7) is 3.60. The number of amides is 1. The highest BCUT2D eigenvalue weighted by molar-refractivity contribution is 5.94. The van der Waals surface area contributed by atoms with Crippen LogP contribution in [0.2, 0.25) is 0 Å². The Morgan fingerprint density at radius 1 is 1.38 bits per heavy atom. The number of morpholine rings is 1. The molecule has 0 radical (unpaired) electrons. The maximum atomic E-state index is 11.7. The zero-order valence-electron chi connectivity index (χ0n) is 14.5. The van der Waals surface area contributed by atoms with E-state index in [0.717, 1.165) is 38.3 Å². The fourth-order valence-electron chi connectivity index (χ4n) is 4.00. The van der Waals surface area contributed by atoms with Gasteiger partial charge in [0.25, 0.3) is 5.91 Å². The van der Waals surface area contributed by atoms with E-state index in [-0.39, 0.29) is 5.91 Å². The topological polar surface area (TPSA) is 62.4 Å². The van der Waals surface area contributed by atoms with Gasteiger partial charge in [-0.25, -0.2) is 0 Å². The highest BCUT2D eigenvalue weighted by Gasteiger charge is 2.34.